The fourth-order valence-corrected chi connectivity index (χ4v) is 2.65. The number of fused-ring (bicyclic) bond motifs is 1. The average molecular weight is 367 g/mol. The molecule has 1 aliphatic rings. The summed E-state index contributed by atoms with van der Waals surface area (Å²) in [6.07, 6.45) is -1.14. The Morgan fingerprint density at radius 2 is 2.12 bits per heavy atom. The molecule has 0 radical (unpaired) electrons. The Kier molecular flexibility index (Phi) is 6.42. The molecule has 7 nitrogen and oxygen atoms in total. The van der Waals surface area contributed by atoms with Crippen LogP contribution in [-0.2, 0) is 16.0 Å². The highest BCUT2D eigenvalue weighted by Crippen LogP contribution is 2.31. The summed E-state index contributed by atoms with van der Waals surface area (Å²) in [5.74, 6) is -0.114. The van der Waals surface area contributed by atoms with Crippen molar-refractivity contribution in [2.24, 2.45) is 0 Å². The Labute approximate surface area is 152 Å². The summed E-state index contributed by atoms with van der Waals surface area (Å²) in [7, 11) is 0. The molecule has 0 spiro atoms. The zero-order chi connectivity index (χ0) is 19.3. The van der Waals surface area contributed by atoms with E-state index in [9.17, 15) is 19.1 Å². The number of amides is 2. The SMILES string of the molecule is CC(C)(C)OC(=O)NCC(O)CNc1ccc2c(c1)CC(=O)N2CCF. The van der Waals surface area contributed by atoms with Crippen LogP contribution in [0.5, 0.6) is 0 Å². The van der Waals surface area contributed by atoms with Gasteiger partial charge >= 0.3 is 6.09 Å². The molecule has 144 valence electrons. The fraction of sp³-hybridized carbons (Fsp3) is 0.556. The van der Waals surface area contributed by atoms with Gasteiger partial charge in [-0.15, -0.1) is 0 Å². The molecule has 1 heterocycles. The molecule has 1 aromatic rings. The fourth-order valence-electron chi connectivity index (χ4n) is 2.65. The molecular weight excluding hydrogens is 341 g/mol. The maximum Gasteiger partial charge on any atom is 0.407 e. The first-order valence-electron chi connectivity index (χ1n) is 8.57. The third kappa shape index (κ3) is 5.59. The lowest BCUT2D eigenvalue weighted by atomic mass is 10.1. The molecule has 1 aliphatic heterocycles. The lowest BCUT2D eigenvalue weighted by Crippen LogP contribution is -2.39. The van der Waals surface area contributed by atoms with Crippen molar-refractivity contribution in [3.8, 4) is 0 Å². The molecule has 2 rings (SSSR count). The maximum absolute atomic E-state index is 12.5. The second kappa shape index (κ2) is 8.35. The summed E-state index contributed by atoms with van der Waals surface area (Å²) in [5.41, 5.74) is 1.71. The van der Waals surface area contributed by atoms with Gasteiger partial charge in [-0.05, 0) is 44.5 Å². The van der Waals surface area contributed by atoms with Crippen molar-refractivity contribution in [1.29, 1.82) is 0 Å². The van der Waals surface area contributed by atoms with Crippen molar-refractivity contribution >= 4 is 23.4 Å². The lowest BCUT2D eigenvalue weighted by molar-refractivity contribution is -0.117. The number of carbonyl (C=O) groups is 2. The van der Waals surface area contributed by atoms with E-state index in [1.54, 1.807) is 32.9 Å². The van der Waals surface area contributed by atoms with E-state index < -0.39 is 24.5 Å². The van der Waals surface area contributed by atoms with Crippen LogP contribution in [0.15, 0.2) is 18.2 Å². The van der Waals surface area contributed by atoms with Crippen LogP contribution in [0.2, 0.25) is 0 Å². The van der Waals surface area contributed by atoms with Crippen molar-refractivity contribution in [2.75, 3.05) is 36.5 Å². The van der Waals surface area contributed by atoms with Gasteiger partial charge in [0.25, 0.3) is 0 Å². The number of nitrogens with zero attached hydrogens (tertiary/aromatic N) is 1. The second-order valence-electron chi connectivity index (χ2n) is 7.17. The standard InChI is InChI=1S/C18H26FN3O4/c1-18(2,3)26-17(25)21-11-14(23)10-20-13-4-5-15-12(8-13)9-16(24)22(15)7-6-19/h4-5,8,14,20,23H,6-7,9-11H2,1-3H3,(H,21,25). The van der Waals surface area contributed by atoms with Gasteiger partial charge in [0.15, 0.2) is 0 Å². The largest absolute Gasteiger partial charge is 0.444 e. The number of carbonyl (C=O) groups excluding carboxylic acids is 2. The van der Waals surface area contributed by atoms with Crippen molar-refractivity contribution in [2.45, 2.75) is 38.9 Å². The topological polar surface area (TPSA) is 90.9 Å². The second-order valence-corrected chi connectivity index (χ2v) is 7.17. The number of rotatable bonds is 7. The Morgan fingerprint density at radius 3 is 2.77 bits per heavy atom. The van der Waals surface area contributed by atoms with Crippen molar-refractivity contribution in [3.63, 3.8) is 0 Å². The van der Waals surface area contributed by atoms with E-state index in [1.165, 1.54) is 4.90 Å². The summed E-state index contributed by atoms with van der Waals surface area (Å²) in [6, 6.07) is 5.36. The quantitative estimate of drug-likeness (QED) is 0.684. The minimum absolute atomic E-state index is 0.0512. The molecular formula is C18H26FN3O4. The van der Waals surface area contributed by atoms with Gasteiger partial charge in [-0.25, -0.2) is 9.18 Å². The van der Waals surface area contributed by atoms with Crippen LogP contribution in [0, 0.1) is 0 Å². The molecule has 3 N–H and O–H groups in total. The summed E-state index contributed by atoms with van der Waals surface area (Å²) in [4.78, 5) is 24.9. The Morgan fingerprint density at radius 1 is 1.38 bits per heavy atom. The third-order valence-electron chi connectivity index (χ3n) is 3.74. The zero-order valence-electron chi connectivity index (χ0n) is 15.3. The van der Waals surface area contributed by atoms with Gasteiger partial charge in [0.2, 0.25) is 5.91 Å². The summed E-state index contributed by atoms with van der Waals surface area (Å²) >= 11 is 0. The van der Waals surface area contributed by atoms with E-state index in [4.69, 9.17) is 4.74 Å². The van der Waals surface area contributed by atoms with Gasteiger partial charge in [0.1, 0.15) is 12.3 Å². The Balaban J connectivity index is 1.82. The highest BCUT2D eigenvalue weighted by Gasteiger charge is 2.27. The van der Waals surface area contributed by atoms with E-state index in [-0.39, 0.29) is 32.0 Å². The van der Waals surface area contributed by atoms with E-state index >= 15 is 0 Å². The van der Waals surface area contributed by atoms with Gasteiger partial charge in [-0.2, -0.15) is 0 Å². The molecule has 1 atom stereocenters. The van der Waals surface area contributed by atoms with E-state index in [0.717, 1.165) is 16.9 Å². The summed E-state index contributed by atoms with van der Waals surface area (Å²) in [5, 5.41) is 15.5. The number of benzene rings is 1. The third-order valence-corrected chi connectivity index (χ3v) is 3.74. The van der Waals surface area contributed by atoms with Crippen LogP contribution >= 0.6 is 0 Å². The molecule has 26 heavy (non-hydrogen) atoms. The van der Waals surface area contributed by atoms with Crippen LogP contribution in [0.1, 0.15) is 26.3 Å². The van der Waals surface area contributed by atoms with E-state index in [0.29, 0.717) is 0 Å². The maximum atomic E-state index is 12.5. The molecule has 0 saturated heterocycles. The first-order chi connectivity index (χ1) is 12.2. The molecule has 1 aromatic carbocycles. The van der Waals surface area contributed by atoms with Gasteiger partial charge in [0.05, 0.1) is 19.1 Å². The average Bonchev–Trinajstić information content (AvgIpc) is 2.85. The number of alkyl carbamates (subject to hydrolysis) is 1. The Bertz CT molecular complexity index is 660. The summed E-state index contributed by atoms with van der Waals surface area (Å²) < 4.78 is 17.6. The van der Waals surface area contributed by atoms with E-state index in [2.05, 4.69) is 10.6 Å². The van der Waals surface area contributed by atoms with Crippen molar-refractivity contribution < 1.29 is 23.8 Å². The smallest absolute Gasteiger partial charge is 0.407 e. The van der Waals surface area contributed by atoms with Crippen LogP contribution in [0.3, 0.4) is 0 Å². The van der Waals surface area contributed by atoms with E-state index in [1.807, 2.05) is 6.07 Å². The van der Waals surface area contributed by atoms with Gasteiger partial charge in [-0.3, -0.25) is 4.79 Å². The molecule has 0 aliphatic carbocycles. The van der Waals surface area contributed by atoms with Crippen LogP contribution < -0.4 is 15.5 Å². The summed E-state index contributed by atoms with van der Waals surface area (Å²) in [6.45, 7) is 5.04. The monoisotopic (exact) mass is 367 g/mol. The van der Waals surface area contributed by atoms with Crippen LogP contribution in [0.4, 0.5) is 20.6 Å². The highest BCUT2D eigenvalue weighted by atomic mass is 19.1. The molecule has 2 amide bonds. The van der Waals surface area contributed by atoms with Crippen LogP contribution in [-0.4, -0.2) is 55.1 Å². The number of nitrogens with one attached hydrogen (secondary N) is 2. The first-order valence-corrected chi connectivity index (χ1v) is 8.57. The number of anilines is 2. The zero-order valence-corrected chi connectivity index (χ0v) is 15.3. The molecule has 0 fully saturated rings. The van der Waals surface area contributed by atoms with Crippen LogP contribution in [0.25, 0.3) is 0 Å². The first kappa shape index (κ1) is 20.0. The normalized spacial score (nSPS) is 14.8. The lowest BCUT2D eigenvalue weighted by Gasteiger charge is -2.21. The number of hydrogen-bond donors (Lipinski definition) is 3. The number of alkyl halides is 1. The molecule has 0 aromatic heterocycles. The van der Waals surface area contributed by atoms with Gasteiger partial charge < -0.3 is 25.4 Å². The van der Waals surface area contributed by atoms with Gasteiger partial charge in [0, 0.05) is 24.5 Å². The predicted molar refractivity (Wildman–Crippen MR) is 97.2 cm³/mol. The minimum Gasteiger partial charge on any atom is -0.444 e. The number of halogens is 1. The number of ether oxygens (including phenoxy) is 1. The van der Waals surface area contributed by atoms with Crippen molar-refractivity contribution in [1.82, 2.24) is 5.32 Å². The predicted octanol–water partition coefficient (Wildman–Crippen LogP) is 1.84. The molecule has 0 saturated carbocycles. The molecule has 0 bridgehead atoms. The van der Waals surface area contributed by atoms with Crippen molar-refractivity contribution in [3.05, 3.63) is 23.8 Å². The number of aliphatic hydroxyl groups is 1. The molecule has 8 heteroatoms. The van der Waals surface area contributed by atoms with Gasteiger partial charge in [-0.1, -0.05) is 0 Å². The Hall–Kier alpha value is -2.35. The number of aliphatic hydroxyl groups excluding tert-OH is 1. The minimum atomic E-state index is -0.805. The highest BCUT2D eigenvalue weighted by molar-refractivity contribution is 6.01. The number of hydrogen-bond acceptors (Lipinski definition) is 5. The molecule has 1 unspecified atom stereocenters.